The van der Waals surface area contributed by atoms with Gasteiger partial charge >= 0.3 is 11.4 Å². The van der Waals surface area contributed by atoms with Gasteiger partial charge in [0.2, 0.25) is 5.89 Å². The number of aromatic nitrogens is 5. The van der Waals surface area contributed by atoms with Crippen LogP contribution in [0.15, 0.2) is 38.3 Å². The summed E-state index contributed by atoms with van der Waals surface area (Å²) in [6, 6.07) is 6.07. The average Bonchev–Trinajstić information content (AvgIpc) is 3.52. The summed E-state index contributed by atoms with van der Waals surface area (Å²) in [5, 5.41) is 9.75. The molecular weight excluding hydrogens is 652 g/mol. The number of terminal acetylenes is 2. The van der Waals surface area contributed by atoms with Crippen LogP contribution in [0, 0.1) is 24.7 Å². The van der Waals surface area contributed by atoms with Crippen LogP contribution in [-0.4, -0.2) is 37.3 Å². The Hall–Kier alpha value is -3.80. The highest BCUT2D eigenvalue weighted by Crippen LogP contribution is 2.34. The third-order valence-electron chi connectivity index (χ3n) is 6.24. The zero-order valence-corrected chi connectivity index (χ0v) is 27.0. The van der Waals surface area contributed by atoms with Crippen LogP contribution in [0.1, 0.15) is 45.3 Å². The summed E-state index contributed by atoms with van der Waals surface area (Å²) in [6.07, 6.45) is 13.1. The second-order valence-electron chi connectivity index (χ2n) is 10.5. The maximum absolute atomic E-state index is 12.5. The third kappa shape index (κ3) is 7.28. The van der Waals surface area contributed by atoms with Crippen molar-refractivity contribution < 1.29 is 13.9 Å². The lowest BCUT2D eigenvalue weighted by Gasteiger charge is -2.11. The lowest BCUT2D eigenvalue weighted by molar-refractivity contribution is 0.370. The van der Waals surface area contributed by atoms with Crippen LogP contribution in [0.4, 0.5) is 0 Å². The molecule has 10 nitrogen and oxygen atoms in total. The largest absolute Gasteiger partial charge is 0.479 e. The molecular formula is C30H27Cl4N5O5. The van der Waals surface area contributed by atoms with Gasteiger partial charge < -0.3 is 13.9 Å². The van der Waals surface area contributed by atoms with E-state index >= 15 is 0 Å². The first kappa shape index (κ1) is 33.1. The summed E-state index contributed by atoms with van der Waals surface area (Å²) in [7, 11) is 0. The smallest absolute Gasteiger partial charge is 0.442 e. The van der Waals surface area contributed by atoms with Crippen molar-refractivity contribution in [2.45, 2.75) is 52.0 Å². The van der Waals surface area contributed by atoms with Crippen molar-refractivity contribution >= 4 is 46.4 Å². The molecule has 0 saturated carbocycles. The molecule has 0 unspecified atom stereocenters. The molecule has 0 bridgehead atoms. The minimum atomic E-state index is -0.642. The molecule has 44 heavy (non-hydrogen) atoms. The van der Waals surface area contributed by atoms with Gasteiger partial charge in [0.25, 0.3) is 0 Å². The van der Waals surface area contributed by atoms with E-state index in [1.165, 1.54) is 22.9 Å². The first-order chi connectivity index (χ1) is 20.8. The average molecular weight is 679 g/mol. The van der Waals surface area contributed by atoms with Crippen molar-refractivity contribution in [3.63, 3.8) is 0 Å². The van der Waals surface area contributed by atoms with E-state index in [-0.39, 0.29) is 28.9 Å². The van der Waals surface area contributed by atoms with Crippen molar-refractivity contribution in [1.29, 1.82) is 0 Å². The maximum Gasteiger partial charge on any atom is 0.442 e. The minimum absolute atomic E-state index is 0.0434. The molecule has 3 heterocycles. The maximum atomic E-state index is 12.5. The van der Waals surface area contributed by atoms with Crippen LogP contribution < -0.4 is 20.9 Å². The zero-order chi connectivity index (χ0) is 32.2. The number of ether oxygens (including phenoxy) is 2. The van der Waals surface area contributed by atoms with Gasteiger partial charge in [-0.1, -0.05) is 79.0 Å². The van der Waals surface area contributed by atoms with Gasteiger partial charge in [0.05, 0.1) is 31.5 Å². The molecule has 1 aliphatic heterocycles. The van der Waals surface area contributed by atoms with Gasteiger partial charge in [-0.05, 0) is 25.0 Å². The van der Waals surface area contributed by atoms with Crippen LogP contribution in [0.25, 0.3) is 11.4 Å². The predicted octanol–water partition coefficient (Wildman–Crippen LogP) is 6.13. The molecule has 4 aromatic rings. The van der Waals surface area contributed by atoms with Gasteiger partial charge in [-0.3, -0.25) is 4.57 Å². The van der Waals surface area contributed by atoms with E-state index in [2.05, 4.69) is 22.0 Å². The van der Waals surface area contributed by atoms with Crippen molar-refractivity contribution in [3.05, 3.63) is 77.1 Å². The summed E-state index contributed by atoms with van der Waals surface area (Å²) < 4.78 is 19.9. The summed E-state index contributed by atoms with van der Waals surface area (Å²) in [6.45, 7) is 6.45. The minimum Gasteiger partial charge on any atom is -0.479 e. The van der Waals surface area contributed by atoms with Crippen molar-refractivity contribution in [1.82, 2.24) is 24.1 Å². The normalized spacial score (nSPS) is 12.4. The molecule has 0 fully saturated rings. The summed E-state index contributed by atoms with van der Waals surface area (Å²) in [5.74, 6) is 5.82. The van der Waals surface area contributed by atoms with Crippen LogP contribution >= 0.6 is 46.4 Å². The summed E-state index contributed by atoms with van der Waals surface area (Å²) >= 11 is 24.5. The Bertz CT molecular complexity index is 1890. The molecule has 0 saturated heterocycles. The van der Waals surface area contributed by atoms with Crippen LogP contribution in [0.2, 0.25) is 20.1 Å². The molecule has 230 valence electrons. The molecule has 0 N–H and O–H groups in total. The SMILES string of the molecule is C#CCOc1cc(-n2nc(C(C)(C)C)oc2=O)c(Cl)cc1Cl.C#CCOc1cc(-n2nc3n(c2=O)CCCC3)c(Cl)cc1Cl. The van der Waals surface area contributed by atoms with Crippen molar-refractivity contribution in [2.24, 2.45) is 0 Å². The number of rotatable bonds is 6. The van der Waals surface area contributed by atoms with E-state index in [4.69, 9.17) is 73.1 Å². The second kappa shape index (κ2) is 13.9. The number of halogens is 4. The fourth-order valence-corrected chi connectivity index (χ4v) is 5.15. The lowest BCUT2D eigenvalue weighted by Crippen LogP contribution is -2.26. The fraction of sp³-hybridized carbons (Fsp3) is 0.333. The van der Waals surface area contributed by atoms with E-state index in [0.29, 0.717) is 45.4 Å². The monoisotopic (exact) mass is 677 g/mol. The topological polar surface area (TPSA) is 106 Å². The van der Waals surface area contributed by atoms with Crippen molar-refractivity contribution in [3.8, 4) is 47.6 Å². The number of nitrogens with zero attached hydrogens (tertiary/aromatic N) is 5. The molecule has 5 rings (SSSR count). The van der Waals surface area contributed by atoms with E-state index in [1.54, 1.807) is 10.6 Å². The molecule has 2 aromatic heterocycles. The third-order valence-corrected chi connectivity index (χ3v) is 7.44. The van der Waals surface area contributed by atoms with Crippen LogP contribution in [0.3, 0.4) is 0 Å². The van der Waals surface area contributed by atoms with E-state index < -0.39 is 11.2 Å². The van der Waals surface area contributed by atoms with Gasteiger partial charge in [0.15, 0.2) is 0 Å². The predicted molar refractivity (Wildman–Crippen MR) is 170 cm³/mol. The molecule has 14 heteroatoms. The standard InChI is InChI=1S/C15H13Cl2N3O2.C15H14Cl2N2O3/c1-2-7-22-13-9-12(10(16)8-11(13)17)20-15(21)19-6-4-3-5-14(19)18-20;1-5-6-21-12-8-11(9(16)7-10(12)17)19-14(20)22-13(18-19)15(2,3)4/h1,8-9H,3-7H2;1,7-8H,6H2,2-4H3. The van der Waals surface area contributed by atoms with Crippen LogP contribution in [-0.2, 0) is 18.4 Å². The number of benzene rings is 2. The highest BCUT2D eigenvalue weighted by atomic mass is 35.5. The highest BCUT2D eigenvalue weighted by molar-refractivity contribution is 6.37. The van der Waals surface area contributed by atoms with Gasteiger partial charge in [0, 0.05) is 30.5 Å². The van der Waals surface area contributed by atoms with Gasteiger partial charge in [-0.25, -0.2) is 9.59 Å². The summed E-state index contributed by atoms with van der Waals surface area (Å²) in [4.78, 5) is 24.5. The number of hydrogen-bond donors (Lipinski definition) is 0. The highest BCUT2D eigenvalue weighted by Gasteiger charge is 2.24. The van der Waals surface area contributed by atoms with Crippen molar-refractivity contribution in [2.75, 3.05) is 13.2 Å². The molecule has 1 aliphatic rings. The van der Waals surface area contributed by atoms with E-state index in [1.807, 2.05) is 20.8 Å². The van der Waals surface area contributed by atoms with Crippen LogP contribution in [0.5, 0.6) is 11.5 Å². The molecule has 0 amide bonds. The number of hydrogen-bond acceptors (Lipinski definition) is 7. The fourth-order valence-electron chi connectivity index (χ4n) is 4.11. The van der Waals surface area contributed by atoms with Gasteiger partial charge in [-0.2, -0.15) is 9.36 Å². The Morgan fingerprint density at radius 1 is 0.841 bits per heavy atom. The summed E-state index contributed by atoms with van der Waals surface area (Å²) in [5.41, 5.74) is 0.126. The first-order valence-corrected chi connectivity index (χ1v) is 14.8. The molecule has 0 atom stereocenters. The lowest BCUT2D eigenvalue weighted by atomic mass is 9.97. The van der Waals surface area contributed by atoms with E-state index in [9.17, 15) is 9.59 Å². The number of aryl methyl sites for hydroxylation is 1. The Balaban J connectivity index is 0.000000201. The molecule has 0 spiro atoms. The molecule has 0 radical (unpaired) electrons. The Morgan fingerprint density at radius 2 is 1.39 bits per heavy atom. The van der Waals surface area contributed by atoms with Gasteiger partial charge in [0.1, 0.15) is 30.5 Å². The second-order valence-corrected chi connectivity index (χ2v) is 12.1. The molecule has 0 aliphatic carbocycles. The Morgan fingerprint density at radius 3 is 1.86 bits per heavy atom. The Labute approximate surface area is 273 Å². The first-order valence-electron chi connectivity index (χ1n) is 13.3. The zero-order valence-electron chi connectivity index (χ0n) is 24.0. The Kier molecular flexibility index (Phi) is 10.4. The quantitative estimate of drug-likeness (QED) is 0.226. The number of fused-ring (bicyclic) bond motifs is 1. The van der Waals surface area contributed by atoms with E-state index in [0.717, 1.165) is 29.8 Å². The molecule has 2 aromatic carbocycles. The van der Waals surface area contributed by atoms with Gasteiger partial charge in [-0.15, -0.1) is 23.0 Å².